The summed E-state index contributed by atoms with van der Waals surface area (Å²) in [7, 11) is 1.61. The monoisotopic (exact) mass is 485 g/mol. The molecule has 0 bridgehead atoms. The second-order valence-corrected chi connectivity index (χ2v) is 8.49. The third-order valence-electron chi connectivity index (χ3n) is 5.84. The molecule has 1 fully saturated rings. The summed E-state index contributed by atoms with van der Waals surface area (Å²) in [6.45, 7) is 7.96. The Morgan fingerprint density at radius 2 is 1.68 bits per heavy atom. The fourth-order valence-corrected chi connectivity index (χ4v) is 4.42. The maximum Gasteiger partial charge on any atom is 0.224 e. The van der Waals surface area contributed by atoms with Gasteiger partial charge in [-0.1, -0.05) is 0 Å². The van der Waals surface area contributed by atoms with Gasteiger partial charge in [-0.15, -0.1) is 0 Å². The van der Waals surface area contributed by atoms with Gasteiger partial charge < -0.3 is 24.1 Å². The predicted octanol–water partition coefficient (Wildman–Crippen LogP) is 4.80. The largest absolute Gasteiger partial charge is 0.492 e. The Kier molecular flexibility index (Phi) is 8.13. The average molecular weight is 486 g/mol. The number of hydrogen-bond donors (Lipinski definition) is 1. The van der Waals surface area contributed by atoms with E-state index in [1.807, 2.05) is 42.9 Å². The summed E-state index contributed by atoms with van der Waals surface area (Å²) < 4.78 is 19.5. The summed E-state index contributed by atoms with van der Waals surface area (Å²) in [5, 5.41) is 3.68. The van der Waals surface area contributed by atoms with E-state index in [0.29, 0.717) is 30.8 Å². The van der Waals surface area contributed by atoms with Crippen LogP contribution in [-0.2, 0) is 6.54 Å². The zero-order chi connectivity index (χ0) is 23.9. The molecule has 8 nitrogen and oxygen atoms in total. The second kappa shape index (κ2) is 11.4. The SMILES string of the molecule is CCOc1cc(CN2CCC(Nc3nc(Cl)ncc3OC)CC2)cc(OCC)c1-n1cccc1. The molecular weight excluding hydrogens is 454 g/mol. The van der Waals surface area contributed by atoms with Crippen molar-refractivity contribution in [1.82, 2.24) is 19.4 Å². The smallest absolute Gasteiger partial charge is 0.224 e. The van der Waals surface area contributed by atoms with Gasteiger partial charge >= 0.3 is 0 Å². The molecule has 0 amide bonds. The number of halogens is 1. The quantitative estimate of drug-likeness (QED) is 0.413. The van der Waals surface area contributed by atoms with Crippen LogP contribution in [0.15, 0.2) is 42.9 Å². The Bertz CT molecular complexity index is 1040. The van der Waals surface area contributed by atoms with Crippen LogP contribution in [0, 0.1) is 0 Å². The van der Waals surface area contributed by atoms with Crippen molar-refractivity contribution in [3.63, 3.8) is 0 Å². The Morgan fingerprint density at radius 1 is 1.03 bits per heavy atom. The number of rotatable bonds is 10. The minimum Gasteiger partial charge on any atom is -0.492 e. The first-order valence-corrected chi connectivity index (χ1v) is 12.1. The standard InChI is InChI=1S/C25H32ClN5O3/c1-4-33-20-14-18(15-21(34-5-2)23(20)31-10-6-7-11-31)17-30-12-8-19(9-13-30)28-24-22(32-3)16-27-25(26)29-24/h6-7,10-11,14-16,19H,4-5,8-9,12-13,17H2,1-3H3,(H,27,28,29). The number of anilines is 1. The molecule has 1 aliphatic rings. The van der Waals surface area contributed by atoms with E-state index in [1.54, 1.807) is 13.3 Å². The minimum absolute atomic E-state index is 0.208. The number of ether oxygens (including phenoxy) is 3. The third kappa shape index (κ3) is 5.74. The van der Waals surface area contributed by atoms with Gasteiger partial charge in [0.1, 0.15) is 17.2 Å². The molecule has 1 N–H and O–H groups in total. The molecule has 182 valence electrons. The second-order valence-electron chi connectivity index (χ2n) is 8.15. The fourth-order valence-electron chi connectivity index (χ4n) is 4.29. The highest BCUT2D eigenvalue weighted by Crippen LogP contribution is 2.35. The van der Waals surface area contributed by atoms with E-state index in [0.717, 1.165) is 49.7 Å². The summed E-state index contributed by atoms with van der Waals surface area (Å²) in [4.78, 5) is 10.7. The van der Waals surface area contributed by atoms with Crippen LogP contribution in [-0.4, -0.2) is 58.9 Å². The van der Waals surface area contributed by atoms with Gasteiger partial charge in [0.05, 0.1) is 26.5 Å². The summed E-state index contributed by atoms with van der Waals surface area (Å²) in [5.74, 6) is 2.92. The van der Waals surface area contributed by atoms with Crippen molar-refractivity contribution in [2.75, 3.05) is 38.7 Å². The first kappa shape index (κ1) is 24.2. The molecule has 3 heterocycles. The molecule has 0 radical (unpaired) electrons. The van der Waals surface area contributed by atoms with E-state index in [9.17, 15) is 0 Å². The van der Waals surface area contributed by atoms with E-state index in [2.05, 4.69) is 32.3 Å². The highest BCUT2D eigenvalue weighted by atomic mass is 35.5. The molecule has 1 aliphatic heterocycles. The normalized spacial score (nSPS) is 14.7. The van der Waals surface area contributed by atoms with Gasteiger partial charge in [-0.2, -0.15) is 4.98 Å². The lowest BCUT2D eigenvalue weighted by Crippen LogP contribution is -2.38. The lowest BCUT2D eigenvalue weighted by atomic mass is 10.0. The maximum absolute atomic E-state index is 6.03. The topological polar surface area (TPSA) is 73.7 Å². The van der Waals surface area contributed by atoms with Crippen LogP contribution in [0.3, 0.4) is 0 Å². The van der Waals surface area contributed by atoms with E-state index in [-0.39, 0.29) is 5.28 Å². The number of hydrogen-bond acceptors (Lipinski definition) is 7. The van der Waals surface area contributed by atoms with Crippen LogP contribution in [0.5, 0.6) is 17.2 Å². The van der Waals surface area contributed by atoms with Crippen molar-refractivity contribution in [2.45, 2.75) is 39.3 Å². The Morgan fingerprint density at radius 3 is 2.26 bits per heavy atom. The van der Waals surface area contributed by atoms with Crippen molar-refractivity contribution in [3.05, 3.63) is 53.7 Å². The highest BCUT2D eigenvalue weighted by Gasteiger charge is 2.22. The predicted molar refractivity (Wildman–Crippen MR) is 134 cm³/mol. The Labute approximate surface area is 205 Å². The van der Waals surface area contributed by atoms with Crippen LogP contribution in [0.25, 0.3) is 5.69 Å². The summed E-state index contributed by atoms with van der Waals surface area (Å²) in [6.07, 6.45) is 7.59. The van der Waals surface area contributed by atoms with Crippen molar-refractivity contribution < 1.29 is 14.2 Å². The van der Waals surface area contributed by atoms with E-state index in [1.165, 1.54) is 5.56 Å². The van der Waals surface area contributed by atoms with Gasteiger partial charge in [0, 0.05) is 38.1 Å². The zero-order valence-corrected chi connectivity index (χ0v) is 20.7. The number of benzene rings is 1. The lowest BCUT2D eigenvalue weighted by Gasteiger charge is -2.33. The molecule has 34 heavy (non-hydrogen) atoms. The third-order valence-corrected chi connectivity index (χ3v) is 6.02. The van der Waals surface area contributed by atoms with Crippen molar-refractivity contribution in [2.24, 2.45) is 0 Å². The number of aromatic nitrogens is 3. The molecule has 1 aromatic carbocycles. The molecular formula is C25H32ClN5O3. The van der Waals surface area contributed by atoms with Crippen LogP contribution in [0.4, 0.5) is 5.82 Å². The van der Waals surface area contributed by atoms with Gasteiger partial charge in [-0.25, -0.2) is 4.98 Å². The lowest BCUT2D eigenvalue weighted by molar-refractivity contribution is 0.210. The van der Waals surface area contributed by atoms with Gasteiger partial charge in [-0.05, 0) is 68.1 Å². The van der Waals surface area contributed by atoms with E-state index < -0.39 is 0 Å². The molecule has 1 saturated heterocycles. The first-order chi connectivity index (χ1) is 16.6. The van der Waals surface area contributed by atoms with Crippen LogP contribution >= 0.6 is 11.6 Å². The average Bonchev–Trinajstić information content (AvgIpc) is 3.35. The van der Waals surface area contributed by atoms with Crippen molar-refractivity contribution in [1.29, 1.82) is 0 Å². The summed E-state index contributed by atoms with van der Waals surface area (Å²) in [5.41, 5.74) is 2.12. The molecule has 4 rings (SSSR count). The molecule has 9 heteroatoms. The van der Waals surface area contributed by atoms with E-state index >= 15 is 0 Å². The van der Waals surface area contributed by atoms with Gasteiger partial charge in [0.2, 0.25) is 5.28 Å². The zero-order valence-electron chi connectivity index (χ0n) is 20.0. The highest BCUT2D eigenvalue weighted by molar-refractivity contribution is 6.28. The van der Waals surface area contributed by atoms with Gasteiger partial charge in [0.15, 0.2) is 11.6 Å². The van der Waals surface area contributed by atoms with Gasteiger partial charge in [0.25, 0.3) is 0 Å². The Balaban J connectivity index is 1.45. The summed E-state index contributed by atoms with van der Waals surface area (Å²) >= 11 is 5.97. The molecule has 3 aromatic rings. The number of nitrogens with zero attached hydrogens (tertiary/aromatic N) is 4. The molecule has 0 aliphatic carbocycles. The number of likely N-dealkylation sites (tertiary alicyclic amines) is 1. The number of nitrogens with one attached hydrogen (secondary N) is 1. The van der Waals surface area contributed by atoms with Crippen LogP contribution in [0.2, 0.25) is 5.28 Å². The van der Waals surface area contributed by atoms with Crippen molar-refractivity contribution in [3.8, 4) is 22.9 Å². The summed E-state index contributed by atoms with van der Waals surface area (Å²) in [6, 6.07) is 8.58. The minimum atomic E-state index is 0.208. The first-order valence-electron chi connectivity index (χ1n) is 11.7. The van der Waals surface area contributed by atoms with Crippen LogP contribution < -0.4 is 19.5 Å². The Hall–Kier alpha value is -2.97. The molecule has 2 aromatic heterocycles. The van der Waals surface area contributed by atoms with E-state index in [4.69, 9.17) is 25.8 Å². The van der Waals surface area contributed by atoms with Gasteiger partial charge in [-0.3, -0.25) is 4.90 Å². The number of methoxy groups -OCH3 is 1. The van der Waals surface area contributed by atoms with Crippen LogP contribution in [0.1, 0.15) is 32.3 Å². The number of piperidine rings is 1. The molecule has 0 saturated carbocycles. The van der Waals surface area contributed by atoms with Crippen molar-refractivity contribution >= 4 is 17.4 Å². The maximum atomic E-state index is 6.03. The fraction of sp³-hybridized carbons (Fsp3) is 0.440. The molecule has 0 atom stereocenters. The molecule has 0 spiro atoms. The molecule has 0 unspecified atom stereocenters.